The monoisotopic (exact) mass is 366 g/mol. The molecule has 25 heavy (non-hydrogen) atoms. The summed E-state index contributed by atoms with van der Waals surface area (Å²) in [6.07, 6.45) is 1.12. The van der Waals surface area contributed by atoms with Gasteiger partial charge in [0.1, 0.15) is 0 Å². The first-order chi connectivity index (χ1) is 11.8. The maximum absolute atomic E-state index is 12.9. The van der Waals surface area contributed by atoms with E-state index in [0.717, 1.165) is 44.8 Å². The van der Waals surface area contributed by atoms with Crippen LogP contribution >= 0.6 is 0 Å². The highest BCUT2D eigenvalue weighted by Gasteiger charge is 2.30. The van der Waals surface area contributed by atoms with Crippen molar-refractivity contribution in [2.75, 3.05) is 45.9 Å². The third kappa shape index (κ3) is 4.42. The Morgan fingerprint density at radius 3 is 2.24 bits per heavy atom. The molecule has 0 unspecified atom stereocenters. The van der Waals surface area contributed by atoms with Crippen molar-refractivity contribution in [1.82, 2.24) is 9.21 Å². The summed E-state index contributed by atoms with van der Waals surface area (Å²) in [5.41, 5.74) is 1.17. The van der Waals surface area contributed by atoms with Crippen molar-refractivity contribution < 1.29 is 13.2 Å². The molecule has 1 aromatic rings. The number of hydrogen-bond donors (Lipinski definition) is 0. The number of ether oxygens (including phenoxy) is 1. The Kier molecular flexibility index (Phi) is 5.54. The predicted octanol–water partition coefficient (Wildman–Crippen LogP) is 2.33. The van der Waals surface area contributed by atoms with Gasteiger partial charge in [0, 0.05) is 39.3 Å². The van der Waals surface area contributed by atoms with Gasteiger partial charge in [0.2, 0.25) is 10.0 Å². The summed E-state index contributed by atoms with van der Waals surface area (Å²) in [6.45, 7) is 11.9. The van der Waals surface area contributed by atoms with Crippen molar-refractivity contribution in [2.24, 2.45) is 5.92 Å². The van der Waals surface area contributed by atoms with Crippen molar-refractivity contribution >= 4 is 10.0 Å². The molecule has 0 bridgehead atoms. The Balaban J connectivity index is 1.61. The van der Waals surface area contributed by atoms with Crippen LogP contribution in [0.1, 0.15) is 32.8 Å². The molecule has 5 nitrogen and oxygen atoms in total. The molecule has 2 aliphatic heterocycles. The molecule has 0 amide bonds. The first-order valence-corrected chi connectivity index (χ1v) is 10.6. The van der Waals surface area contributed by atoms with E-state index in [1.54, 1.807) is 16.4 Å². The Hall–Kier alpha value is -0.950. The van der Waals surface area contributed by atoms with E-state index in [0.29, 0.717) is 23.9 Å². The van der Waals surface area contributed by atoms with Crippen molar-refractivity contribution in [2.45, 2.75) is 37.5 Å². The maximum atomic E-state index is 12.9. The van der Waals surface area contributed by atoms with Gasteiger partial charge < -0.3 is 9.64 Å². The van der Waals surface area contributed by atoms with Crippen LogP contribution in [0, 0.1) is 5.92 Å². The number of rotatable bonds is 4. The molecule has 0 N–H and O–H groups in total. The number of sulfonamides is 1. The fourth-order valence-electron chi connectivity index (χ4n) is 3.52. The van der Waals surface area contributed by atoms with Gasteiger partial charge in [0.25, 0.3) is 0 Å². The molecular formula is C19H30N2O3S. The van der Waals surface area contributed by atoms with Gasteiger partial charge in [-0.2, -0.15) is 4.31 Å². The largest absolute Gasteiger partial charge is 0.381 e. The fourth-order valence-corrected chi connectivity index (χ4v) is 4.94. The highest BCUT2D eigenvalue weighted by molar-refractivity contribution is 7.89. The molecule has 0 aromatic heterocycles. The average molecular weight is 367 g/mol. The van der Waals surface area contributed by atoms with E-state index in [9.17, 15) is 8.42 Å². The van der Waals surface area contributed by atoms with Gasteiger partial charge in [-0.05, 0) is 35.4 Å². The molecule has 0 saturated carbocycles. The van der Waals surface area contributed by atoms with Crippen LogP contribution in [0.25, 0.3) is 0 Å². The first kappa shape index (κ1) is 18.8. The highest BCUT2D eigenvalue weighted by atomic mass is 32.2. The minimum atomic E-state index is -3.39. The molecule has 1 aromatic carbocycles. The lowest BCUT2D eigenvalue weighted by atomic mass is 9.87. The zero-order valence-corrected chi connectivity index (χ0v) is 16.4. The summed E-state index contributed by atoms with van der Waals surface area (Å²) in [5.74, 6) is 0.605. The van der Waals surface area contributed by atoms with Gasteiger partial charge in [-0.3, -0.25) is 0 Å². The third-order valence-electron chi connectivity index (χ3n) is 5.23. The Morgan fingerprint density at radius 2 is 1.72 bits per heavy atom. The molecule has 6 heteroatoms. The molecule has 0 spiro atoms. The lowest BCUT2D eigenvalue weighted by Gasteiger charge is -2.35. The van der Waals surface area contributed by atoms with Crippen LogP contribution in [0.2, 0.25) is 0 Å². The Bertz CT molecular complexity index is 666. The van der Waals surface area contributed by atoms with Gasteiger partial charge >= 0.3 is 0 Å². The Morgan fingerprint density at radius 1 is 1.08 bits per heavy atom. The minimum Gasteiger partial charge on any atom is -0.381 e. The van der Waals surface area contributed by atoms with E-state index in [4.69, 9.17) is 4.74 Å². The van der Waals surface area contributed by atoms with Crippen molar-refractivity contribution in [1.29, 1.82) is 0 Å². The van der Waals surface area contributed by atoms with Crippen molar-refractivity contribution in [3.8, 4) is 0 Å². The summed E-state index contributed by atoms with van der Waals surface area (Å²) < 4.78 is 32.8. The number of hydrogen-bond acceptors (Lipinski definition) is 4. The molecule has 3 rings (SSSR count). The van der Waals surface area contributed by atoms with Gasteiger partial charge in [-0.25, -0.2) is 8.42 Å². The summed E-state index contributed by atoms with van der Waals surface area (Å²) in [7, 11) is -3.39. The van der Waals surface area contributed by atoms with E-state index in [2.05, 4.69) is 25.7 Å². The summed E-state index contributed by atoms with van der Waals surface area (Å²) in [6, 6.07) is 7.36. The van der Waals surface area contributed by atoms with Crippen LogP contribution in [0.5, 0.6) is 0 Å². The van der Waals surface area contributed by atoms with Crippen LogP contribution in [0.4, 0.5) is 0 Å². The molecule has 0 aliphatic carbocycles. The standard InChI is InChI=1S/C19H30N2O3S/c1-19(2,3)17-4-6-18(7-5-17)25(22,23)21-11-9-20(10-12-21)14-16-8-13-24-15-16/h4-7,16H,8-15H2,1-3H3/t16-/m0/s1. The smallest absolute Gasteiger partial charge is 0.243 e. The lowest BCUT2D eigenvalue weighted by molar-refractivity contribution is 0.143. The Labute approximate surface area is 152 Å². The molecule has 2 aliphatic rings. The summed E-state index contributed by atoms with van der Waals surface area (Å²) in [4.78, 5) is 2.77. The molecule has 0 radical (unpaired) electrons. The second-order valence-electron chi connectivity index (χ2n) is 8.21. The van der Waals surface area contributed by atoms with E-state index in [-0.39, 0.29) is 5.41 Å². The van der Waals surface area contributed by atoms with Gasteiger partial charge in [-0.15, -0.1) is 0 Å². The zero-order chi connectivity index (χ0) is 18.1. The normalized spacial score (nSPS) is 23.9. The number of piperazine rings is 1. The van der Waals surface area contributed by atoms with Crippen LogP contribution in [-0.4, -0.2) is 63.6 Å². The van der Waals surface area contributed by atoms with Crippen molar-refractivity contribution in [3.63, 3.8) is 0 Å². The van der Waals surface area contributed by atoms with E-state index in [1.807, 2.05) is 12.1 Å². The second-order valence-corrected chi connectivity index (χ2v) is 10.1. The molecule has 140 valence electrons. The highest BCUT2D eigenvalue weighted by Crippen LogP contribution is 2.25. The third-order valence-corrected chi connectivity index (χ3v) is 7.14. The van der Waals surface area contributed by atoms with Crippen LogP contribution < -0.4 is 0 Å². The first-order valence-electron chi connectivity index (χ1n) is 9.17. The van der Waals surface area contributed by atoms with E-state index >= 15 is 0 Å². The molecular weight excluding hydrogens is 336 g/mol. The second kappa shape index (κ2) is 7.35. The van der Waals surface area contributed by atoms with Crippen LogP contribution in [0.3, 0.4) is 0 Å². The maximum Gasteiger partial charge on any atom is 0.243 e. The molecule has 1 atom stereocenters. The quantitative estimate of drug-likeness (QED) is 0.821. The van der Waals surface area contributed by atoms with Gasteiger partial charge in [0.05, 0.1) is 11.5 Å². The fraction of sp³-hybridized carbons (Fsp3) is 0.684. The lowest BCUT2D eigenvalue weighted by Crippen LogP contribution is -2.49. The minimum absolute atomic E-state index is 0.0257. The summed E-state index contributed by atoms with van der Waals surface area (Å²) >= 11 is 0. The molecule has 2 heterocycles. The zero-order valence-electron chi connectivity index (χ0n) is 15.6. The van der Waals surface area contributed by atoms with Crippen molar-refractivity contribution in [3.05, 3.63) is 29.8 Å². The van der Waals surface area contributed by atoms with Gasteiger partial charge in [0.15, 0.2) is 0 Å². The van der Waals surface area contributed by atoms with Gasteiger partial charge in [-0.1, -0.05) is 32.9 Å². The average Bonchev–Trinajstić information content (AvgIpc) is 3.08. The topological polar surface area (TPSA) is 49.9 Å². The van der Waals surface area contributed by atoms with E-state index in [1.165, 1.54) is 0 Å². The number of benzene rings is 1. The predicted molar refractivity (Wildman–Crippen MR) is 99.3 cm³/mol. The summed E-state index contributed by atoms with van der Waals surface area (Å²) in [5, 5.41) is 0. The van der Waals surface area contributed by atoms with Crippen LogP contribution in [-0.2, 0) is 20.2 Å². The molecule has 2 fully saturated rings. The molecule has 2 saturated heterocycles. The van der Waals surface area contributed by atoms with E-state index < -0.39 is 10.0 Å². The SMILES string of the molecule is CC(C)(C)c1ccc(S(=O)(=O)N2CCN(C[C@@H]3CCOC3)CC2)cc1. The number of nitrogens with zero attached hydrogens (tertiary/aromatic N) is 2. The van der Waals surface area contributed by atoms with Crippen LogP contribution in [0.15, 0.2) is 29.2 Å².